The first kappa shape index (κ1) is 19.8. The van der Waals surface area contributed by atoms with Crippen molar-refractivity contribution < 1.29 is 24.2 Å². The van der Waals surface area contributed by atoms with Crippen LogP contribution in [0.5, 0.6) is 0 Å². The van der Waals surface area contributed by atoms with Gasteiger partial charge in [-0.15, -0.1) is 10.2 Å². The summed E-state index contributed by atoms with van der Waals surface area (Å²) in [5, 5.41) is 22.8. The van der Waals surface area contributed by atoms with E-state index in [2.05, 4.69) is 25.6 Å². The van der Waals surface area contributed by atoms with E-state index in [1.54, 1.807) is 13.8 Å². The number of carbonyl (C=O) groups is 3. The van der Waals surface area contributed by atoms with Crippen LogP contribution in [0.1, 0.15) is 44.5 Å². The van der Waals surface area contributed by atoms with E-state index in [9.17, 15) is 14.4 Å². The average molecular weight is 358 g/mol. The third-order valence-corrected chi connectivity index (χ3v) is 4.00. The normalized spacial score (nSPS) is 11.0. The maximum Gasteiger partial charge on any atom is 0.321 e. The monoisotopic (exact) mass is 358 g/mol. The first-order valence-corrected chi connectivity index (χ1v) is 8.23. The number of carboxylic acid groups (broad SMARTS) is 1. The van der Waals surface area contributed by atoms with E-state index in [1.807, 2.05) is 0 Å². The molecule has 0 spiro atoms. The van der Waals surface area contributed by atoms with Gasteiger partial charge in [-0.1, -0.05) is 11.3 Å². The van der Waals surface area contributed by atoms with E-state index in [4.69, 9.17) is 5.11 Å². The highest BCUT2D eigenvalue weighted by Gasteiger charge is 2.22. The summed E-state index contributed by atoms with van der Waals surface area (Å²) in [7, 11) is 1.34. The number of hydrogen-bond acceptors (Lipinski definition) is 7. The molecule has 0 saturated carbocycles. The Balaban J connectivity index is 2.42. The highest BCUT2D eigenvalue weighted by molar-refractivity contribution is 7.15. The number of carbonyl (C=O) groups excluding carboxylic acids is 2. The molecule has 0 atom stereocenters. The first-order chi connectivity index (χ1) is 11.2. The van der Waals surface area contributed by atoms with Crippen LogP contribution in [-0.4, -0.2) is 45.9 Å². The van der Waals surface area contributed by atoms with Gasteiger partial charge in [-0.05, 0) is 26.7 Å². The van der Waals surface area contributed by atoms with Gasteiger partial charge in [0.15, 0.2) is 0 Å². The van der Waals surface area contributed by atoms with Crippen molar-refractivity contribution in [1.29, 1.82) is 0 Å². The molecule has 0 bridgehead atoms. The lowest BCUT2D eigenvalue weighted by Gasteiger charge is -2.25. The zero-order valence-electron chi connectivity index (χ0n) is 13.9. The van der Waals surface area contributed by atoms with Gasteiger partial charge >= 0.3 is 18.0 Å². The van der Waals surface area contributed by atoms with Crippen LogP contribution in [0.15, 0.2) is 0 Å². The number of amides is 2. The van der Waals surface area contributed by atoms with Gasteiger partial charge in [-0.25, -0.2) is 4.79 Å². The minimum absolute atomic E-state index is 0.0313. The van der Waals surface area contributed by atoms with Crippen molar-refractivity contribution in [3.05, 3.63) is 5.01 Å². The van der Waals surface area contributed by atoms with Crippen molar-refractivity contribution in [2.75, 3.05) is 12.4 Å². The molecule has 10 heteroatoms. The average Bonchev–Trinajstić information content (AvgIpc) is 2.91. The van der Waals surface area contributed by atoms with Crippen LogP contribution < -0.4 is 10.6 Å². The number of hydrogen-bond donors (Lipinski definition) is 3. The lowest BCUT2D eigenvalue weighted by molar-refractivity contribution is -0.140. The predicted molar refractivity (Wildman–Crippen MR) is 88.0 cm³/mol. The third-order valence-electron chi connectivity index (χ3n) is 3.10. The number of esters is 1. The van der Waals surface area contributed by atoms with E-state index in [0.717, 1.165) is 0 Å². The number of anilines is 1. The predicted octanol–water partition coefficient (Wildman–Crippen LogP) is 1.80. The molecular formula is C14H22N4O5S. The second-order valence-electron chi connectivity index (χ2n) is 5.79. The Labute approximate surface area is 143 Å². The quantitative estimate of drug-likeness (QED) is 0.574. The van der Waals surface area contributed by atoms with Gasteiger partial charge in [0, 0.05) is 24.8 Å². The van der Waals surface area contributed by atoms with Gasteiger partial charge in [0.05, 0.1) is 7.11 Å². The van der Waals surface area contributed by atoms with Gasteiger partial charge in [0.1, 0.15) is 5.01 Å². The van der Waals surface area contributed by atoms with E-state index in [-0.39, 0.29) is 12.4 Å². The Kier molecular flexibility index (Phi) is 7.56. The zero-order valence-corrected chi connectivity index (χ0v) is 14.7. The van der Waals surface area contributed by atoms with Crippen LogP contribution in [0.4, 0.5) is 9.93 Å². The van der Waals surface area contributed by atoms with E-state index >= 15 is 0 Å². The standard InChI is InChI=1S/C14H22N4O5S/c1-14(2,8-7-10(19)20)16-12(22)15-13-18-17-9(24-13)5-4-6-11(21)23-3/h4-8H2,1-3H3,(H,19,20)(H2,15,16,18,22). The highest BCUT2D eigenvalue weighted by atomic mass is 32.1. The Hall–Kier alpha value is -2.23. The molecule has 24 heavy (non-hydrogen) atoms. The molecule has 0 fully saturated rings. The van der Waals surface area contributed by atoms with Crippen LogP contribution in [0.2, 0.25) is 0 Å². The van der Waals surface area contributed by atoms with Crippen molar-refractivity contribution in [3.8, 4) is 0 Å². The molecule has 1 rings (SSSR count). The lowest BCUT2D eigenvalue weighted by atomic mass is 9.99. The molecule has 0 aromatic carbocycles. The molecule has 0 saturated heterocycles. The fourth-order valence-electron chi connectivity index (χ4n) is 1.81. The Morgan fingerprint density at radius 1 is 1.25 bits per heavy atom. The molecule has 1 aromatic heterocycles. The summed E-state index contributed by atoms with van der Waals surface area (Å²) in [6, 6.07) is -0.470. The van der Waals surface area contributed by atoms with Crippen LogP contribution in [-0.2, 0) is 20.7 Å². The summed E-state index contributed by atoms with van der Waals surface area (Å²) >= 11 is 1.22. The molecule has 0 aliphatic carbocycles. The van der Waals surface area contributed by atoms with Crippen molar-refractivity contribution in [3.63, 3.8) is 0 Å². The molecular weight excluding hydrogens is 336 g/mol. The Bertz CT molecular complexity index is 587. The number of nitrogens with one attached hydrogen (secondary N) is 2. The zero-order chi connectivity index (χ0) is 18.2. The highest BCUT2D eigenvalue weighted by Crippen LogP contribution is 2.18. The number of aliphatic carboxylic acids is 1. The second-order valence-corrected chi connectivity index (χ2v) is 6.85. The number of urea groups is 1. The van der Waals surface area contributed by atoms with Gasteiger partial charge in [0.2, 0.25) is 5.13 Å². The first-order valence-electron chi connectivity index (χ1n) is 7.42. The molecule has 0 radical (unpaired) electrons. The number of aryl methyl sites for hydroxylation is 1. The van der Waals surface area contributed by atoms with Crippen LogP contribution in [0.25, 0.3) is 0 Å². The fraction of sp³-hybridized carbons (Fsp3) is 0.643. The topological polar surface area (TPSA) is 131 Å². The summed E-state index contributed by atoms with van der Waals surface area (Å²) in [6.45, 7) is 3.49. The molecule has 0 aliphatic rings. The van der Waals surface area contributed by atoms with E-state index in [0.29, 0.717) is 35.8 Å². The van der Waals surface area contributed by atoms with Gasteiger partial charge in [0.25, 0.3) is 0 Å². The molecule has 1 heterocycles. The summed E-state index contributed by atoms with van der Waals surface area (Å²) in [6.07, 6.45) is 1.74. The Morgan fingerprint density at radius 2 is 1.96 bits per heavy atom. The van der Waals surface area contributed by atoms with Gasteiger partial charge < -0.3 is 15.2 Å². The molecule has 9 nitrogen and oxygen atoms in total. The number of nitrogens with zero attached hydrogens (tertiary/aromatic N) is 2. The van der Waals surface area contributed by atoms with Gasteiger partial charge in [-0.2, -0.15) is 0 Å². The maximum atomic E-state index is 11.9. The van der Waals surface area contributed by atoms with Crippen molar-refractivity contribution in [2.45, 2.75) is 51.5 Å². The molecule has 0 unspecified atom stereocenters. The number of rotatable bonds is 9. The molecule has 134 valence electrons. The molecule has 0 aliphatic heterocycles. The molecule has 3 N–H and O–H groups in total. The van der Waals surface area contributed by atoms with Crippen molar-refractivity contribution >= 4 is 34.4 Å². The largest absolute Gasteiger partial charge is 0.481 e. The smallest absolute Gasteiger partial charge is 0.321 e. The summed E-state index contributed by atoms with van der Waals surface area (Å²) in [5.41, 5.74) is -0.656. The SMILES string of the molecule is COC(=O)CCCc1nnc(NC(=O)NC(C)(C)CCC(=O)O)s1. The number of methoxy groups -OCH3 is 1. The Morgan fingerprint density at radius 3 is 2.58 bits per heavy atom. The minimum Gasteiger partial charge on any atom is -0.481 e. The third kappa shape index (κ3) is 7.86. The van der Waals surface area contributed by atoms with Crippen molar-refractivity contribution in [1.82, 2.24) is 15.5 Å². The number of ether oxygens (including phenoxy) is 1. The summed E-state index contributed by atoms with van der Waals surface area (Å²) in [5.74, 6) is -1.19. The molecule has 1 aromatic rings. The maximum absolute atomic E-state index is 11.9. The number of carboxylic acids is 1. The van der Waals surface area contributed by atoms with E-state index < -0.39 is 17.5 Å². The molecule has 2 amide bonds. The summed E-state index contributed by atoms with van der Waals surface area (Å²) in [4.78, 5) is 33.6. The number of aromatic nitrogens is 2. The minimum atomic E-state index is -0.911. The lowest BCUT2D eigenvalue weighted by Crippen LogP contribution is -2.45. The van der Waals surface area contributed by atoms with Crippen LogP contribution in [0.3, 0.4) is 0 Å². The van der Waals surface area contributed by atoms with Gasteiger partial charge in [-0.3, -0.25) is 14.9 Å². The van der Waals surface area contributed by atoms with E-state index in [1.165, 1.54) is 18.4 Å². The van der Waals surface area contributed by atoms with Crippen LogP contribution in [0, 0.1) is 0 Å². The summed E-state index contributed by atoms with van der Waals surface area (Å²) < 4.78 is 4.55. The van der Waals surface area contributed by atoms with Crippen molar-refractivity contribution in [2.24, 2.45) is 0 Å². The second kappa shape index (κ2) is 9.16. The fourth-order valence-corrected chi connectivity index (χ4v) is 2.59. The van der Waals surface area contributed by atoms with Crippen LogP contribution >= 0.6 is 11.3 Å².